The molecule has 2 rings (SSSR count). The molecular formula is C14H18N2O5. The molecule has 1 aromatic rings. The third-order valence-electron chi connectivity index (χ3n) is 3.85. The molecule has 0 bridgehead atoms. The molecule has 0 radical (unpaired) electrons. The molecule has 1 aliphatic heterocycles. The number of nitro benzene ring substituents is 1. The Morgan fingerprint density at radius 3 is 2.71 bits per heavy atom. The minimum absolute atomic E-state index is 0.00858. The summed E-state index contributed by atoms with van der Waals surface area (Å²) in [5.74, 6) is -1.11. The number of nitrogens with one attached hydrogen (secondary N) is 1. The predicted molar refractivity (Wildman–Crippen MR) is 76.7 cm³/mol. The Hall–Kier alpha value is -2.15. The van der Waals surface area contributed by atoms with E-state index in [4.69, 9.17) is 9.84 Å². The highest BCUT2D eigenvalue weighted by Crippen LogP contribution is 2.32. The molecule has 2 N–H and O–H groups in total. The first-order chi connectivity index (χ1) is 9.91. The van der Waals surface area contributed by atoms with Gasteiger partial charge < -0.3 is 15.2 Å². The van der Waals surface area contributed by atoms with E-state index in [9.17, 15) is 14.9 Å². The quantitative estimate of drug-likeness (QED) is 0.639. The normalized spacial score (nSPS) is 17.2. The zero-order chi connectivity index (χ0) is 15.5. The highest BCUT2D eigenvalue weighted by molar-refractivity contribution is 5.90. The third kappa shape index (κ3) is 3.69. The number of aromatic carboxylic acids is 1. The van der Waals surface area contributed by atoms with Gasteiger partial charge in [0.2, 0.25) is 0 Å². The van der Waals surface area contributed by atoms with E-state index in [2.05, 4.69) is 12.2 Å². The van der Waals surface area contributed by atoms with Gasteiger partial charge in [-0.05, 0) is 30.4 Å². The lowest BCUT2D eigenvalue weighted by Crippen LogP contribution is -2.33. The van der Waals surface area contributed by atoms with Crippen LogP contribution in [0.5, 0.6) is 0 Å². The molecule has 1 heterocycles. The lowest BCUT2D eigenvalue weighted by molar-refractivity contribution is -0.384. The molecule has 1 fully saturated rings. The Bertz CT molecular complexity index is 552. The molecule has 0 amide bonds. The third-order valence-corrected chi connectivity index (χ3v) is 3.85. The van der Waals surface area contributed by atoms with E-state index in [1.165, 1.54) is 18.2 Å². The van der Waals surface area contributed by atoms with Gasteiger partial charge in [-0.15, -0.1) is 0 Å². The Labute approximate surface area is 122 Å². The van der Waals surface area contributed by atoms with Crippen LogP contribution in [0.2, 0.25) is 0 Å². The Balaban J connectivity index is 2.18. The topological polar surface area (TPSA) is 102 Å². The fraction of sp³-hybridized carbons (Fsp3) is 0.500. The van der Waals surface area contributed by atoms with Crippen molar-refractivity contribution in [1.29, 1.82) is 0 Å². The number of hydrogen-bond acceptors (Lipinski definition) is 5. The van der Waals surface area contributed by atoms with Crippen LogP contribution < -0.4 is 5.32 Å². The van der Waals surface area contributed by atoms with Crippen LogP contribution in [0.1, 0.15) is 30.1 Å². The molecular weight excluding hydrogens is 276 g/mol. The van der Waals surface area contributed by atoms with Crippen LogP contribution in [-0.2, 0) is 4.74 Å². The van der Waals surface area contributed by atoms with Crippen molar-refractivity contribution in [2.75, 3.05) is 25.1 Å². The van der Waals surface area contributed by atoms with Gasteiger partial charge in [-0.25, -0.2) is 4.79 Å². The van der Waals surface area contributed by atoms with E-state index < -0.39 is 10.9 Å². The van der Waals surface area contributed by atoms with E-state index in [1.54, 1.807) is 0 Å². The van der Waals surface area contributed by atoms with Crippen LogP contribution in [-0.4, -0.2) is 35.8 Å². The van der Waals surface area contributed by atoms with E-state index in [0.29, 0.717) is 19.8 Å². The number of anilines is 1. The summed E-state index contributed by atoms with van der Waals surface area (Å²) < 4.78 is 5.32. The monoisotopic (exact) mass is 294 g/mol. The van der Waals surface area contributed by atoms with Crippen molar-refractivity contribution in [2.24, 2.45) is 5.41 Å². The lowest BCUT2D eigenvalue weighted by Gasteiger charge is -2.33. The molecule has 0 atom stereocenters. The number of carboxylic acids is 1. The van der Waals surface area contributed by atoms with Crippen molar-refractivity contribution in [3.8, 4) is 0 Å². The van der Waals surface area contributed by atoms with Gasteiger partial charge >= 0.3 is 5.97 Å². The largest absolute Gasteiger partial charge is 0.478 e. The zero-order valence-corrected chi connectivity index (χ0v) is 11.8. The van der Waals surface area contributed by atoms with Crippen molar-refractivity contribution < 1.29 is 19.6 Å². The number of rotatable bonds is 5. The number of ether oxygens (including phenoxy) is 1. The van der Waals surface area contributed by atoms with Crippen LogP contribution in [0.3, 0.4) is 0 Å². The summed E-state index contributed by atoms with van der Waals surface area (Å²) in [6, 6.07) is 3.77. The SMILES string of the molecule is CC1(CNc2cc(C(=O)O)ccc2[N+](=O)[O-])CCOCC1. The van der Waals surface area contributed by atoms with Gasteiger partial charge in [0.05, 0.1) is 10.5 Å². The summed E-state index contributed by atoms with van der Waals surface area (Å²) in [5.41, 5.74) is 0.147. The van der Waals surface area contributed by atoms with Gasteiger partial charge in [-0.3, -0.25) is 10.1 Å². The molecule has 0 unspecified atom stereocenters. The van der Waals surface area contributed by atoms with Gasteiger partial charge in [0.25, 0.3) is 5.69 Å². The van der Waals surface area contributed by atoms with Gasteiger partial charge in [0.1, 0.15) is 5.69 Å². The molecule has 0 aliphatic carbocycles. The highest BCUT2D eigenvalue weighted by Gasteiger charge is 2.28. The van der Waals surface area contributed by atoms with Crippen LogP contribution in [0.4, 0.5) is 11.4 Å². The fourth-order valence-electron chi connectivity index (χ4n) is 2.32. The molecule has 7 nitrogen and oxygen atoms in total. The van der Waals surface area contributed by atoms with E-state index >= 15 is 0 Å². The highest BCUT2D eigenvalue weighted by atomic mass is 16.6. The van der Waals surface area contributed by atoms with Gasteiger partial charge in [0.15, 0.2) is 0 Å². The minimum Gasteiger partial charge on any atom is -0.478 e. The van der Waals surface area contributed by atoms with Crippen molar-refractivity contribution in [3.05, 3.63) is 33.9 Å². The summed E-state index contributed by atoms with van der Waals surface area (Å²) >= 11 is 0. The molecule has 1 saturated heterocycles. The molecule has 114 valence electrons. The standard InChI is InChI=1S/C14H18N2O5/c1-14(4-6-21-7-5-14)9-15-11-8-10(13(17)18)2-3-12(11)16(19)20/h2-3,8,15H,4-7,9H2,1H3,(H,17,18). The molecule has 1 aliphatic rings. The summed E-state index contributed by atoms with van der Waals surface area (Å²) in [6.45, 7) is 3.99. The number of hydrogen-bond donors (Lipinski definition) is 2. The first-order valence-electron chi connectivity index (χ1n) is 6.75. The molecule has 21 heavy (non-hydrogen) atoms. The Morgan fingerprint density at radius 1 is 1.48 bits per heavy atom. The second-order valence-corrected chi connectivity index (χ2v) is 5.57. The zero-order valence-electron chi connectivity index (χ0n) is 11.8. The fourth-order valence-corrected chi connectivity index (χ4v) is 2.32. The minimum atomic E-state index is -1.11. The number of nitro groups is 1. The van der Waals surface area contributed by atoms with Crippen LogP contribution in [0.25, 0.3) is 0 Å². The molecule has 7 heteroatoms. The second-order valence-electron chi connectivity index (χ2n) is 5.57. The molecule has 0 aromatic heterocycles. The smallest absolute Gasteiger partial charge is 0.335 e. The Kier molecular flexibility index (Phi) is 4.42. The molecule has 1 aromatic carbocycles. The van der Waals surface area contributed by atoms with Crippen molar-refractivity contribution in [1.82, 2.24) is 0 Å². The van der Waals surface area contributed by atoms with Crippen LogP contribution in [0, 0.1) is 15.5 Å². The Morgan fingerprint density at radius 2 is 2.14 bits per heavy atom. The predicted octanol–water partition coefficient (Wildman–Crippen LogP) is 2.52. The number of carboxylic acid groups (broad SMARTS) is 1. The first-order valence-corrected chi connectivity index (χ1v) is 6.75. The van der Waals surface area contributed by atoms with Gasteiger partial charge in [0, 0.05) is 25.8 Å². The molecule has 0 saturated carbocycles. The average molecular weight is 294 g/mol. The van der Waals surface area contributed by atoms with Crippen molar-refractivity contribution in [2.45, 2.75) is 19.8 Å². The van der Waals surface area contributed by atoms with Crippen LogP contribution >= 0.6 is 0 Å². The van der Waals surface area contributed by atoms with Crippen LogP contribution in [0.15, 0.2) is 18.2 Å². The maximum Gasteiger partial charge on any atom is 0.335 e. The van der Waals surface area contributed by atoms with Gasteiger partial charge in [-0.1, -0.05) is 6.92 Å². The molecule has 0 spiro atoms. The number of nitrogens with zero attached hydrogens (tertiary/aromatic N) is 1. The lowest BCUT2D eigenvalue weighted by atomic mass is 9.82. The summed E-state index contributed by atoms with van der Waals surface area (Å²) in [6.07, 6.45) is 1.73. The van der Waals surface area contributed by atoms with E-state index in [0.717, 1.165) is 12.8 Å². The van der Waals surface area contributed by atoms with Gasteiger partial charge in [-0.2, -0.15) is 0 Å². The van der Waals surface area contributed by atoms with Crippen molar-refractivity contribution in [3.63, 3.8) is 0 Å². The summed E-state index contributed by atoms with van der Waals surface area (Å²) in [5, 5.41) is 23.1. The average Bonchev–Trinajstić information content (AvgIpc) is 2.45. The number of benzene rings is 1. The summed E-state index contributed by atoms with van der Waals surface area (Å²) in [7, 11) is 0. The second kappa shape index (κ2) is 6.09. The number of carbonyl (C=O) groups is 1. The summed E-state index contributed by atoms with van der Waals surface area (Å²) in [4.78, 5) is 21.5. The first kappa shape index (κ1) is 15.2. The maximum atomic E-state index is 11.0. The van der Waals surface area contributed by atoms with E-state index in [1.807, 2.05) is 0 Å². The van der Waals surface area contributed by atoms with Crippen molar-refractivity contribution >= 4 is 17.3 Å². The maximum absolute atomic E-state index is 11.0. The van der Waals surface area contributed by atoms with E-state index in [-0.39, 0.29) is 22.4 Å².